The average Bonchev–Trinajstić information content (AvgIpc) is 3.35. The van der Waals surface area contributed by atoms with E-state index < -0.39 is 17.6 Å². The second-order valence-electron chi connectivity index (χ2n) is 6.90. The van der Waals surface area contributed by atoms with Crippen LogP contribution in [0.3, 0.4) is 0 Å². The first-order chi connectivity index (χ1) is 13.9. The van der Waals surface area contributed by atoms with Crippen LogP contribution in [0.5, 0.6) is 0 Å². The molecule has 0 N–H and O–H groups in total. The van der Waals surface area contributed by atoms with E-state index in [0.717, 1.165) is 6.07 Å². The fourth-order valence-electron chi connectivity index (χ4n) is 3.42. The van der Waals surface area contributed by atoms with Crippen molar-refractivity contribution in [1.29, 1.82) is 0 Å². The smallest absolute Gasteiger partial charge is 0.231 e. The van der Waals surface area contributed by atoms with Gasteiger partial charge in [-0.05, 0) is 12.5 Å². The number of nitrogens with zero attached hydrogens (tertiary/aromatic N) is 6. The molecule has 0 aliphatic carbocycles. The van der Waals surface area contributed by atoms with Crippen LogP contribution in [0.4, 0.5) is 14.6 Å². The number of benzene rings is 1. The van der Waals surface area contributed by atoms with Crippen molar-refractivity contribution in [2.24, 2.45) is 5.92 Å². The Morgan fingerprint density at radius 3 is 2.93 bits per heavy atom. The number of Topliss-reactive ketones (excluding diaryl/α,β-unsaturated/α-hetero) is 1. The van der Waals surface area contributed by atoms with Crippen LogP contribution in [0.15, 0.2) is 36.8 Å². The number of aromatic nitrogens is 5. The summed E-state index contributed by atoms with van der Waals surface area (Å²) in [6, 6.07) is 5.61. The molecule has 150 valence electrons. The van der Waals surface area contributed by atoms with Gasteiger partial charge in [-0.2, -0.15) is 5.10 Å². The van der Waals surface area contributed by atoms with Crippen LogP contribution >= 0.6 is 0 Å². The predicted molar refractivity (Wildman–Crippen MR) is 98.2 cm³/mol. The van der Waals surface area contributed by atoms with Crippen molar-refractivity contribution in [2.45, 2.75) is 25.9 Å². The molecule has 29 heavy (non-hydrogen) atoms. The second-order valence-corrected chi connectivity index (χ2v) is 6.90. The molecule has 4 rings (SSSR count). The van der Waals surface area contributed by atoms with Gasteiger partial charge >= 0.3 is 0 Å². The summed E-state index contributed by atoms with van der Waals surface area (Å²) < 4.78 is 30.1. The van der Waals surface area contributed by atoms with Gasteiger partial charge in [0.05, 0.1) is 12.7 Å². The first-order valence-corrected chi connectivity index (χ1v) is 9.09. The fraction of sp³-hybridized carbons (Fsp3) is 0.316. The third-order valence-electron chi connectivity index (χ3n) is 4.99. The van der Waals surface area contributed by atoms with Crippen molar-refractivity contribution in [2.75, 3.05) is 11.9 Å². The van der Waals surface area contributed by atoms with Crippen LogP contribution in [0.25, 0.3) is 0 Å². The van der Waals surface area contributed by atoms with Gasteiger partial charge in [-0.3, -0.25) is 14.5 Å². The molecular weight excluding hydrogens is 382 g/mol. The highest BCUT2D eigenvalue weighted by Gasteiger charge is 2.31. The zero-order valence-corrected chi connectivity index (χ0v) is 15.6. The van der Waals surface area contributed by atoms with Crippen LogP contribution in [0, 0.1) is 17.6 Å². The van der Waals surface area contributed by atoms with Crippen LogP contribution in [-0.4, -0.2) is 43.3 Å². The van der Waals surface area contributed by atoms with Gasteiger partial charge in [0, 0.05) is 37.6 Å². The number of halogens is 2. The molecule has 1 atom stereocenters. The van der Waals surface area contributed by atoms with Crippen molar-refractivity contribution < 1.29 is 18.4 Å². The highest BCUT2D eigenvalue weighted by molar-refractivity contribution is 6.00. The van der Waals surface area contributed by atoms with E-state index in [-0.39, 0.29) is 36.0 Å². The minimum atomic E-state index is -0.958. The number of carbonyl (C=O) groups excluding carboxylic acids is 2. The molecule has 0 fully saturated rings. The summed E-state index contributed by atoms with van der Waals surface area (Å²) in [7, 11) is 1.65. The van der Waals surface area contributed by atoms with Crippen molar-refractivity contribution >= 4 is 17.5 Å². The lowest BCUT2D eigenvalue weighted by Gasteiger charge is -2.18. The zero-order valence-electron chi connectivity index (χ0n) is 15.6. The van der Waals surface area contributed by atoms with Gasteiger partial charge in [-0.1, -0.05) is 12.1 Å². The molecule has 0 saturated heterocycles. The summed E-state index contributed by atoms with van der Waals surface area (Å²) in [5, 5.41) is 8.25. The van der Waals surface area contributed by atoms with E-state index in [9.17, 15) is 18.4 Å². The molecule has 0 saturated carbocycles. The predicted octanol–water partition coefficient (Wildman–Crippen LogP) is 2.06. The monoisotopic (exact) mass is 400 g/mol. The van der Waals surface area contributed by atoms with Crippen LogP contribution in [-0.2, 0) is 17.9 Å². The van der Waals surface area contributed by atoms with Crippen molar-refractivity contribution in [1.82, 2.24) is 24.5 Å². The lowest BCUT2D eigenvalue weighted by Crippen LogP contribution is -2.33. The van der Waals surface area contributed by atoms with Gasteiger partial charge in [-0.15, -0.1) is 5.10 Å². The number of hydrogen-bond acceptors (Lipinski definition) is 5. The first kappa shape index (κ1) is 18.9. The maximum atomic E-state index is 13.8. The number of rotatable bonds is 5. The summed E-state index contributed by atoms with van der Waals surface area (Å²) in [4.78, 5) is 30.8. The fourth-order valence-corrected chi connectivity index (χ4v) is 3.42. The van der Waals surface area contributed by atoms with E-state index in [1.807, 2.05) is 0 Å². The Balaban J connectivity index is 1.45. The normalized spacial score (nSPS) is 16.6. The van der Waals surface area contributed by atoms with Gasteiger partial charge in [0.25, 0.3) is 0 Å². The molecule has 0 bridgehead atoms. The summed E-state index contributed by atoms with van der Waals surface area (Å²) in [6.07, 6.45) is 3.35. The highest BCUT2D eigenvalue weighted by atomic mass is 19.2. The highest BCUT2D eigenvalue weighted by Crippen LogP contribution is 2.25. The van der Waals surface area contributed by atoms with E-state index in [1.54, 1.807) is 24.0 Å². The third kappa shape index (κ3) is 3.65. The topological polar surface area (TPSA) is 85.9 Å². The van der Waals surface area contributed by atoms with Crippen molar-refractivity contribution in [3.05, 3.63) is 59.8 Å². The van der Waals surface area contributed by atoms with Gasteiger partial charge < -0.3 is 0 Å². The van der Waals surface area contributed by atoms with E-state index in [2.05, 4.69) is 15.2 Å². The Kier molecular flexibility index (Phi) is 4.91. The molecule has 3 heterocycles. The molecule has 1 aromatic carbocycles. The van der Waals surface area contributed by atoms with Gasteiger partial charge in [0.1, 0.15) is 12.1 Å². The summed E-state index contributed by atoms with van der Waals surface area (Å²) in [5.41, 5.74) is 0.101. The Morgan fingerprint density at radius 2 is 2.10 bits per heavy atom. The molecule has 8 nitrogen and oxygen atoms in total. The molecule has 1 aliphatic heterocycles. The molecule has 3 aromatic rings. The van der Waals surface area contributed by atoms with Crippen molar-refractivity contribution in [3.8, 4) is 0 Å². The Bertz CT molecular complexity index is 1080. The quantitative estimate of drug-likeness (QED) is 0.612. The molecule has 0 radical (unpaired) electrons. The minimum Gasteiger partial charge on any atom is -0.300 e. The Morgan fingerprint density at radius 1 is 1.28 bits per heavy atom. The lowest BCUT2D eigenvalue weighted by atomic mass is 9.97. The standard InChI is InChI=1S/C19H18F2N6O2/c1-25-16-5-7-23-27(16)8-6-12(19(25)29)9-15(28)18-22-11-26(24-18)10-13-3-2-4-14(20)17(13)21/h2-5,7,11-12H,6,8-10H2,1H3/t12-/m1/s1. The summed E-state index contributed by atoms with van der Waals surface area (Å²) in [5.74, 6) is -2.34. The number of carbonyl (C=O) groups is 2. The van der Waals surface area contributed by atoms with Crippen LogP contribution in [0.1, 0.15) is 29.0 Å². The number of ketones is 1. The SMILES string of the molecule is CN1C(=O)[C@@H](CC(=O)c2ncn(Cc3cccc(F)c3F)n2)CCn2nccc21. The Labute approximate surface area is 164 Å². The molecule has 0 unspecified atom stereocenters. The average molecular weight is 400 g/mol. The van der Waals surface area contributed by atoms with Crippen LogP contribution in [0.2, 0.25) is 0 Å². The molecule has 2 aromatic heterocycles. The van der Waals surface area contributed by atoms with E-state index in [1.165, 1.54) is 28.0 Å². The molecule has 1 amide bonds. The lowest BCUT2D eigenvalue weighted by molar-refractivity contribution is -0.122. The largest absolute Gasteiger partial charge is 0.300 e. The molecule has 1 aliphatic rings. The number of fused-ring (bicyclic) bond motifs is 1. The molecular formula is C19H18F2N6O2. The number of anilines is 1. The summed E-state index contributed by atoms with van der Waals surface area (Å²) in [6.45, 7) is 0.465. The minimum absolute atomic E-state index is 0.0354. The maximum Gasteiger partial charge on any atom is 0.231 e. The first-order valence-electron chi connectivity index (χ1n) is 9.09. The van der Waals surface area contributed by atoms with Gasteiger partial charge in [0.15, 0.2) is 11.6 Å². The zero-order chi connectivity index (χ0) is 20.5. The molecule has 0 spiro atoms. The number of amides is 1. The van der Waals surface area contributed by atoms with Gasteiger partial charge in [0.2, 0.25) is 17.5 Å². The van der Waals surface area contributed by atoms with E-state index in [0.29, 0.717) is 18.8 Å². The second kappa shape index (κ2) is 7.53. The van der Waals surface area contributed by atoms with Gasteiger partial charge in [-0.25, -0.2) is 23.1 Å². The molecule has 10 heteroatoms. The Hall–Kier alpha value is -3.43. The van der Waals surface area contributed by atoms with Crippen LogP contribution < -0.4 is 4.90 Å². The maximum absolute atomic E-state index is 13.8. The number of hydrogen-bond donors (Lipinski definition) is 0. The summed E-state index contributed by atoms with van der Waals surface area (Å²) >= 11 is 0. The van der Waals surface area contributed by atoms with E-state index >= 15 is 0 Å². The van der Waals surface area contributed by atoms with Crippen molar-refractivity contribution in [3.63, 3.8) is 0 Å². The number of aryl methyl sites for hydroxylation is 1. The third-order valence-corrected chi connectivity index (χ3v) is 4.99. The van der Waals surface area contributed by atoms with E-state index in [4.69, 9.17) is 0 Å².